The van der Waals surface area contributed by atoms with Crippen molar-refractivity contribution in [3.8, 4) is 0 Å². The minimum atomic E-state index is -1.04. The van der Waals surface area contributed by atoms with Gasteiger partial charge in [-0.1, -0.05) is 24.3 Å². The molecule has 6 heteroatoms. The number of hydrogen-bond acceptors (Lipinski definition) is 2. The molecule has 1 amide bonds. The number of carboxylic acid groups (broad SMARTS) is 1. The molecule has 0 aliphatic carbocycles. The molecular weight excluding hydrogens is 304 g/mol. The summed E-state index contributed by atoms with van der Waals surface area (Å²) in [6, 6.07) is 11.7. The minimum absolute atomic E-state index is 0.00178. The lowest BCUT2D eigenvalue weighted by molar-refractivity contribution is -0.137. The van der Waals surface area contributed by atoms with Crippen molar-refractivity contribution in [2.24, 2.45) is 0 Å². The monoisotopic (exact) mass is 319 g/mol. The van der Waals surface area contributed by atoms with Gasteiger partial charge in [-0.3, -0.25) is 9.59 Å². The molecule has 0 atom stereocenters. The maximum Gasteiger partial charge on any atom is 0.305 e. The van der Waals surface area contributed by atoms with E-state index < -0.39 is 17.6 Å². The Bertz CT molecular complexity index is 704. The Morgan fingerprint density at radius 3 is 2.30 bits per heavy atom. The first-order chi connectivity index (χ1) is 11.0. The van der Waals surface area contributed by atoms with Crippen molar-refractivity contribution in [1.29, 1.82) is 0 Å². The van der Waals surface area contributed by atoms with E-state index in [0.717, 1.165) is 12.1 Å². The van der Waals surface area contributed by atoms with Gasteiger partial charge in [0.05, 0.1) is 6.42 Å². The van der Waals surface area contributed by atoms with Crippen LogP contribution >= 0.6 is 0 Å². The molecule has 2 aromatic rings. The molecule has 4 nitrogen and oxygen atoms in total. The van der Waals surface area contributed by atoms with Crippen molar-refractivity contribution >= 4 is 11.9 Å². The van der Waals surface area contributed by atoms with E-state index in [0.29, 0.717) is 11.1 Å². The van der Waals surface area contributed by atoms with Gasteiger partial charge in [0.15, 0.2) is 11.6 Å². The Kier molecular flexibility index (Phi) is 5.41. The molecule has 0 saturated carbocycles. The van der Waals surface area contributed by atoms with Crippen LogP contribution in [0.25, 0.3) is 0 Å². The van der Waals surface area contributed by atoms with Crippen LogP contribution in [-0.4, -0.2) is 28.4 Å². The van der Waals surface area contributed by atoms with Crippen molar-refractivity contribution < 1.29 is 23.5 Å². The first kappa shape index (κ1) is 16.6. The predicted molar refractivity (Wildman–Crippen MR) is 79.8 cm³/mol. The highest BCUT2D eigenvalue weighted by Crippen LogP contribution is 2.14. The quantitative estimate of drug-likeness (QED) is 0.890. The molecule has 0 bridgehead atoms. The van der Waals surface area contributed by atoms with E-state index in [4.69, 9.17) is 5.11 Å². The maximum atomic E-state index is 13.3. The second kappa shape index (κ2) is 7.49. The van der Waals surface area contributed by atoms with Gasteiger partial charge in [-0.25, -0.2) is 8.78 Å². The predicted octanol–water partition coefficient (Wildman–Crippen LogP) is 3.08. The molecular formula is C17H15F2NO3. The number of rotatable bonds is 6. The minimum Gasteiger partial charge on any atom is -0.481 e. The van der Waals surface area contributed by atoms with Gasteiger partial charge < -0.3 is 10.0 Å². The number of carboxylic acids is 1. The number of halogens is 2. The number of benzene rings is 2. The van der Waals surface area contributed by atoms with E-state index in [9.17, 15) is 18.4 Å². The molecule has 0 unspecified atom stereocenters. The zero-order chi connectivity index (χ0) is 16.8. The first-order valence-corrected chi connectivity index (χ1v) is 6.97. The van der Waals surface area contributed by atoms with Crippen molar-refractivity contribution in [3.63, 3.8) is 0 Å². The summed E-state index contributed by atoms with van der Waals surface area (Å²) in [5, 5.41) is 8.81. The molecule has 0 aromatic heterocycles. The fourth-order valence-electron chi connectivity index (χ4n) is 2.10. The van der Waals surface area contributed by atoms with Crippen molar-refractivity contribution in [2.45, 2.75) is 13.0 Å². The fourth-order valence-corrected chi connectivity index (χ4v) is 2.10. The molecule has 2 aromatic carbocycles. The number of carbonyl (C=O) groups is 2. The number of hydrogen-bond donors (Lipinski definition) is 1. The summed E-state index contributed by atoms with van der Waals surface area (Å²) in [7, 11) is 0. The lowest BCUT2D eigenvalue weighted by Gasteiger charge is -2.22. The number of aliphatic carboxylic acids is 1. The summed E-state index contributed by atoms with van der Waals surface area (Å²) < 4.78 is 26.3. The Morgan fingerprint density at radius 1 is 1.00 bits per heavy atom. The van der Waals surface area contributed by atoms with Crippen molar-refractivity contribution in [2.75, 3.05) is 6.54 Å². The third kappa shape index (κ3) is 4.60. The van der Waals surface area contributed by atoms with Crippen LogP contribution in [0.1, 0.15) is 22.3 Å². The molecule has 23 heavy (non-hydrogen) atoms. The first-order valence-electron chi connectivity index (χ1n) is 6.97. The maximum absolute atomic E-state index is 13.3. The highest BCUT2D eigenvalue weighted by molar-refractivity contribution is 5.94. The fraction of sp³-hybridized carbons (Fsp3) is 0.176. The van der Waals surface area contributed by atoms with Crippen molar-refractivity contribution in [1.82, 2.24) is 4.90 Å². The van der Waals surface area contributed by atoms with E-state index in [-0.39, 0.29) is 25.4 Å². The Morgan fingerprint density at radius 2 is 1.70 bits per heavy atom. The standard InChI is InChI=1S/C17H15F2NO3/c18-14-7-6-12(10-15(14)19)11-20(9-8-16(21)22)17(23)13-4-2-1-3-5-13/h1-7,10H,8-9,11H2,(H,21,22). The zero-order valence-corrected chi connectivity index (χ0v) is 12.2. The second-order valence-electron chi connectivity index (χ2n) is 4.98. The van der Waals surface area contributed by atoms with Gasteiger partial charge in [0, 0.05) is 18.7 Å². The number of nitrogens with zero attached hydrogens (tertiary/aromatic N) is 1. The molecule has 0 aliphatic rings. The van der Waals surface area contributed by atoms with Crippen LogP contribution in [0, 0.1) is 11.6 Å². The van der Waals surface area contributed by atoms with Gasteiger partial charge in [-0.2, -0.15) is 0 Å². The number of amides is 1. The normalized spacial score (nSPS) is 10.3. The van der Waals surface area contributed by atoms with E-state index in [1.807, 2.05) is 0 Å². The summed E-state index contributed by atoms with van der Waals surface area (Å²) in [4.78, 5) is 24.5. The summed E-state index contributed by atoms with van der Waals surface area (Å²) in [6.07, 6.45) is -0.234. The van der Waals surface area contributed by atoms with Gasteiger partial charge >= 0.3 is 5.97 Å². The van der Waals surface area contributed by atoms with E-state index in [1.54, 1.807) is 30.3 Å². The second-order valence-corrected chi connectivity index (χ2v) is 4.98. The van der Waals surface area contributed by atoms with E-state index in [2.05, 4.69) is 0 Å². The molecule has 0 saturated heterocycles. The average Bonchev–Trinajstić information content (AvgIpc) is 2.54. The smallest absolute Gasteiger partial charge is 0.305 e. The lowest BCUT2D eigenvalue weighted by Crippen LogP contribution is -2.32. The van der Waals surface area contributed by atoms with Crippen LogP contribution in [0.3, 0.4) is 0 Å². The molecule has 0 aliphatic heterocycles. The molecule has 0 fully saturated rings. The van der Waals surface area contributed by atoms with Gasteiger partial charge in [0.25, 0.3) is 5.91 Å². The lowest BCUT2D eigenvalue weighted by atomic mass is 10.1. The molecule has 0 heterocycles. The highest BCUT2D eigenvalue weighted by atomic mass is 19.2. The van der Waals surface area contributed by atoms with Crippen LogP contribution in [-0.2, 0) is 11.3 Å². The molecule has 120 valence electrons. The Labute approximate surface area is 132 Å². The molecule has 0 spiro atoms. The van der Waals surface area contributed by atoms with Gasteiger partial charge in [0.1, 0.15) is 0 Å². The summed E-state index contributed by atoms with van der Waals surface area (Å²) >= 11 is 0. The zero-order valence-electron chi connectivity index (χ0n) is 12.2. The Hall–Kier alpha value is -2.76. The van der Waals surface area contributed by atoms with Crippen LogP contribution in [0.4, 0.5) is 8.78 Å². The van der Waals surface area contributed by atoms with Crippen LogP contribution < -0.4 is 0 Å². The molecule has 1 N–H and O–H groups in total. The summed E-state index contributed by atoms with van der Waals surface area (Å²) in [6.45, 7) is -0.0275. The van der Waals surface area contributed by atoms with Crippen LogP contribution in [0.2, 0.25) is 0 Å². The summed E-state index contributed by atoms with van der Waals surface area (Å²) in [5.74, 6) is -3.38. The van der Waals surface area contributed by atoms with Gasteiger partial charge in [0.2, 0.25) is 0 Å². The third-order valence-corrected chi connectivity index (χ3v) is 3.26. The highest BCUT2D eigenvalue weighted by Gasteiger charge is 2.17. The average molecular weight is 319 g/mol. The van der Waals surface area contributed by atoms with Crippen LogP contribution in [0.5, 0.6) is 0 Å². The van der Waals surface area contributed by atoms with Crippen LogP contribution in [0.15, 0.2) is 48.5 Å². The molecule has 2 rings (SSSR count). The topological polar surface area (TPSA) is 57.6 Å². The SMILES string of the molecule is O=C(O)CCN(Cc1ccc(F)c(F)c1)C(=O)c1ccccc1. The summed E-state index contributed by atoms with van der Waals surface area (Å²) in [5.41, 5.74) is 0.791. The third-order valence-electron chi connectivity index (χ3n) is 3.26. The Balaban J connectivity index is 2.21. The van der Waals surface area contributed by atoms with E-state index in [1.165, 1.54) is 11.0 Å². The van der Waals surface area contributed by atoms with Gasteiger partial charge in [-0.15, -0.1) is 0 Å². The molecule has 0 radical (unpaired) electrons. The van der Waals surface area contributed by atoms with E-state index >= 15 is 0 Å². The number of carbonyl (C=O) groups excluding carboxylic acids is 1. The largest absolute Gasteiger partial charge is 0.481 e. The van der Waals surface area contributed by atoms with Gasteiger partial charge in [-0.05, 0) is 29.8 Å². The van der Waals surface area contributed by atoms with Crippen molar-refractivity contribution in [3.05, 3.63) is 71.3 Å².